The maximum Gasteiger partial charge on any atom is 0.228 e. The van der Waals surface area contributed by atoms with Crippen molar-refractivity contribution < 1.29 is 14.3 Å². The molecule has 23 heavy (non-hydrogen) atoms. The molecule has 1 aromatic carbocycles. The third-order valence-corrected chi connectivity index (χ3v) is 4.31. The predicted molar refractivity (Wildman–Crippen MR) is 90.6 cm³/mol. The first-order chi connectivity index (χ1) is 11.1. The lowest BCUT2D eigenvalue weighted by Crippen LogP contribution is -2.38. The highest BCUT2D eigenvalue weighted by atomic mass is 16.5. The topological polar surface area (TPSA) is 49.9 Å². The van der Waals surface area contributed by atoms with Crippen molar-refractivity contribution in [3.05, 3.63) is 24.3 Å². The summed E-state index contributed by atoms with van der Waals surface area (Å²) < 4.78 is 5.21. The van der Waals surface area contributed by atoms with Crippen molar-refractivity contribution in [2.24, 2.45) is 5.92 Å². The maximum atomic E-state index is 12.7. The Bertz CT molecular complexity index is 559. The Morgan fingerprint density at radius 2 is 2.17 bits per heavy atom. The molecule has 1 atom stereocenters. The first-order valence-electron chi connectivity index (χ1n) is 8.33. The molecule has 0 N–H and O–H groups in total. The number of carbonyl (C=O) groups is 2. The second-order valence-electron chi connectivity index (χ2n) is 5.88. The molecule has 0 saturated carbocycles. The van der Waals surface area contributed by atoms with Crippen molar-refractivity contribution >= 4 is 17.5 Å². The van der Waals surface area contributed by atoms with Crippen molar-refractivity contribution in [2.75, 3.05) is 31.6 Å². The SMILES string of the molecule is CCCCN(CC)C(=O)[C@H]1CC(=O)N(c2cccc(OC)c2)C1. The van der Waals surface area contributed by atoms with Gasteiger partial charge in [-0.25, -0.2) is 0 Å². The number of rotatable bonds is 7. The Hall–Kier alpha value is -2.04. The van der Waals surface area contributed by atoms with Crippen molar-refractivity contribution in [3.8, 4) is 5.75 Å². The first-order valence-corrected chi connectivity index (χ1v) is 8.33. The molecule has 2 rings (SSSR count). The van der Waals surface area contributed by atoms with Gasteiger partial charge in [0.05, 0.1) is 13.0 Å². The average Bonchev–Trinajstić information content (AvgIpc) is 2.97. The number of ether oxygens (including phenoxy) is 1. The molecule has 126 valence electrons. The summed E-state index contributed by atoms with van der Waals surface area (Å²) in [5.74, 6) is 0.566. The third kappa shape index (κ3) is 4.03. The lowest BCUT2D eigenvalue weighted by atomic mass is 10.1. The van der Waals surface area contributed by atoms with Gasteiger partial charge < -0.3 is 14.5 Å². The molecule has 2 amide bonds. The molecule has 0 bridgehead atoms. The Morgan fingerprint density at radius 1 is 1.39 bits per heavy atom. The molecular formula is C18H26N2O3. The molecular weight excluding hydrogens is 292 g/mol. The molecule has 0 spiro atoms. The summed E-state index contributed by atoms with van der Waals surface area (Å²) in [7, 11) is 1.60. The molecule has 0 aliphatic carbocycles. The van der Waals surface area contributed by atoms with Crippen LogP contribution >= 0.6 is 0 Å². The number of anilines is 1. The molecule has 1 aliphatic rings. The highest BCUT2D eigenvalue weighted by Crippen LogP contribution is 2.28. The molecule has 0 radical (unpaired) electrons. The van der Waals surface area contributed by atoms with Crippen LogP contribution in [-0.2, 0) is 9.59 Å². The van der Waals surface area contributed by atoms with Gasteiger partial charge in [-0.2, -0.15) is 0 Å². The number of nitrogens with zero attached hydrogens (tertiary/aromatic N) is 2. The van der Waals surface area contributed by atoms with Gasteiger partial charge in [0.1, 0.15) is 5.75 Å². The Labute approximate surface area is 138 Å². The van der Waals surface area contributed by atoms with E-state index in [9.17, 15) is 9.59 Å². The molecule has 0 aromatic heterocycles. The summed E-state index contributed by atoms with van der Waals surface area (Å²) in [6.45, 7) is 6.03. The number of unbranched alkanes of at least 4 members (excludes halogenated alkanes) is 1. The quantitative estimate of drug-likeness (QED) is 0.776. The molecule has 0 unspecified atom stereocenters. The van der Waals surface area contributed by atoms with Crippen molar-refractivity contribution in [1.82, 2.24) is 4.90 Å². The summed E-state index contributed by atoms with van der Waals surface area (Å²) in [6.07, 6.45) is 2.35. The number of benzene rings is 1. The summed E-state index contributed by atoms with van der Waals surface area (Å²) in [6, 6.07) is 7.41. The molecule has 1 aromatic rings. The van der Waals surface area contributed by atoms with Crippen molar-refractivity contribution in [3.63, 3.8) is 0 Å². The van der Waals surface area contributed by atoms with Crippen LogP contribution in [0.4, 0.5) is 5.69 Å². The van der Waals surface area contributed by atoms with Gasteiger partial charge in [0.2, 0.25) is 11.8 Å². The van der Waals surface area contributed by atoms with E-state index in [0.29, 0.717) is 25.3 Å². The maximum absolute atomic E-state index is 12.7. The van der Waals surface area contributed by atoms with Crippen LogP contribution in [0, 0.1) is 5.92 Å². The zero-order chi connectivity index (χ0) is 16.8. The van der Waals surface area contributed by atoms with Crippen molar-refractivity contribution in [2.45, 2.75) is 33.1 Å². The fraction of sp³-hybridized carbons (Fsp3) is 0.556. The van der Waals surface area contributed by atoms with E-state index in [1.165, 1.54) is 0 Å². The van der Waals surface area contributed by atoms with E-state index in [-0.39, 0.29) is 17.7 Å². The lowest BCUT2D eigenvalue weighted by Gasteiger charge is -2.24. The predicted octanol–water partition coefficient (Wildman–Crippen LogP) is 2.70. The molecule has 1 fully saturated rings. The first kappa shape index (κ1) is 17.3. The Kier molecular flexibility index (Phi) is 6.02. The minimum absolute atomic E-state index is 0.00291. The van der Waals surface area contributed by atoms with Gasteiger partial charge in [0.25, 0.3) is 0 Å². The standard InChI is InChI=1S/C18H26N2O3/c1-4-6-10-19(5-2)18(22)14-11-17(21)20(13-14)15-8-7-9-16(12-15)23-3/h7-9,12,14H,4-6,10-11,13H2,1-3H3/t14-/m0/s1. The van der Waals surface area contributed by atoms with Gasteiger partial charge in [0, 0.05) is 37.8 Å². The van der Waals surface area contributed by atoms with E-state index in [2.05, 4.69) is 6.92 Å². The molecule has 5 nitrogen and oxygen atoms in total. The summed E-state index contributed by atoms with van der Waals surface area (Å²) >= 11 is 0. The van der Waals surface area contributed by atoms with Gasteiger partial charge in [-0.1, -0.05) is 19.4 Å². The van der Waals surface area contributed by atoms with E-state index in [4.69, 9.17) is 4.74 Å². The van der Waals surface area contributed by atoms with E-state index < -0.39 is 0 Å². The van der Waals surface area contributed by atoms with E-state index in [0.717, 1.165) is 25.1 Å². The minimum Gasteiger partial charge on any atom is -0.497 e. The minimum atomic E-state index is -0.245. The van der Waals surface area contributed by atoms with Gasteiger partial charge in [-0.3, -0.25) is 9.59 Å². The summed E-state index contributed by atoms with van der Waals surface area (Å²) in [5.41, 5.74) is 0.793. The van der Waals surface area contributed by atoms with E-state index in [1.54, 1.807) is 12.0 Å². The zero-order valence-electron chi connectivity index (χ0n) is 14.2. The van der Waals surface area contributed by atoms with Crippen LogP contribution < -0.4 is 9.64 Å². The number of hydrogen-bond acceptors (Lipinski definition) is 3. The third-order valence-electron chi connectivity index (χ3n) is 4.31. The van der Waals surface area contributed by atoms with E-state index >= 15 is 0 Å². The van der Waals surface area contributed by atoms with Crippen molar-refractivity contribution in [1.29, 1.82) is 0 Å². The molecule has 1 saturated heterocycles. The number of carbonyl (C=O) groups excluding carboxylic acids is 2. The van der Waals surface area contributed by atoms with Crippen LogP contribution in [0.5, 0.6) is 5.75 Å². The number of amides is 2. The van der Waals surface area contributed by atoms with Crippen LogP contribution in [-0.4, -0.2) is 43.5 Å². The second kappa shape index (κ2) is 7.99. The monoisotopic (exact) mass is 318 g/mol. The highest BCUT2D eigenvalue weighted by Gasteiger charge is 2.36. The fourth-order valence-electron chi connectivity index (χ4n) is 2.93. The summed E-state index contributed by atoms with van der Waals surface area (Å²) in [4.78, 5) is 28.5. The molecule has 1 aliphatic heterocycles. The smallest absolute Gasteiger partial charge is 0.228 e. The highest BCUT2D eigenvalue weighted by molar-refractivity contribution is 6.00. The van der Waals surface area contributed by atoms with Gasteiger partial charge in [0.15, 0.2) is 0 Å². The largest absolute Gasteiger partial charge is 0.497 e. The normalized spacial score (nSPS) is 17.4. The fourth-order valence-corrected chi connectivity index (χ4v) is 2.93. The Balaban J connectivity index is 2.07. The van der Waals surface area contributed by atoms with Gasteiger partial charge >= 0.3 is 0 Å². The van der Waals surface area contributed by atoms with Crippen LogP contribution in [0.2, 0.25) is 0 Å². The number of hydrogen-bond donors (Lipinski definition) is 0. The molecule has 5 heteroatoms. The number of methoxy groups -OCH3 is 1. The zero-order valence-corrected chi connectivity index (χ0v) is 14.2. The van der Waals surface area contributed by atoms with Crippen LogP contribution in [0.15, 0.2) is 24.3 Å². The average molecular weight is 318 g/mol. The summed E-state index contributed by atoms with van der Waals surface area (Å²) in [5, 5.41) is 0. The van der Waals surface area contributed by atoms with E-state index in [1.807, 2.05) is 36.1 Å². The van der Waals surface area contributed by atoms with Gasteiger partial charge in [-0.15, -0.1) is 0 Å². The lowest BCUT2D eigenvalue weighted by molar-refractivity contribution is -0.135. The van der Waals surface area contributed by atoms with Crippen LogP contribution in [0.1, 0.15) is 33.1 Å². The Morgan fingerprint density at radius 3 is 2.83 bits per heavy atom. The van der Waals surface area contributed by atoms with Crippen LogP contribution in [0.3, 0.4) is 0 Å². The van der Waals surface area contributed by atoms with Gasteiger partial charge in [-0.05, 0) is 25.5 Å². The second-order valence-corrected chi connectivity index (χ2v) is 5.88. The molecule has 1 heterocycles. The van der Waals surface area contributed by atoms with Crippen LogP contribution in [0.25, 0.3) is 0 Å².